The first-order chi connectivity index (χ1) is 16.5. The van der Waals surface area contributed by atoms with Crippen molar-refractivity contribution in [1.29, 1.82) is 0 Å². The van der Waals surface area contributed by atoms with Crippen LogP contribution in [0, 0.1) is 11.7 Å². The minimum Gasteiger partial charge on any atom is -0.508 e. The summed E-state index contributed by atoms with van der Waals surface area (Å²) in [7, 11) is 2.01. The van der Waals surface area contributed by atoms with E-state index in [1.807, 2.05) is 25.2 Å². The zero-order chi connectivity index (χ0) is 23.3. The predicted molar refractivity (Wildman–Crippen MR) is 135 cm³/mol. The van der Waals surface area contributed by atoms with Crippen LogP contribution in [0.1, 0.15) is 28.8 Å². The molecule has 0 saturated carbocycles. The number of aryl methyl sites for hydroxylation is 1. The number of rotatable bonds is 4. The highest BCUT2D eigenvalue weighted by Crippen LogP contribution is 2.50. The molecule has 1 aromatic heterocycles. The Morgan fingerprint density at radius 1 is 1.03 bits per heavy atom. The van der Waals surface area contributed by atoms with Gasteiger partial charge in [0.15, 0.2) is 0 Å². The zero-order valence-corrected chi connectivity index (χ0v) is 19.7. The van der Waals surface area contributed by atoms with Crippen molar-refractivity contribution in [3.63, 3.8) is 0 Å². The minimum atomic E-state index is -0.145. The number of hydrogen-bond acceptors (Lipinski definition) is 2. The molecular weight excluding hydrogens is 423 g/mol. The third-order valence-electron chi connectivity index (χ3n) is 8.45. The van der Waals surface area contributed by atoms with Crippen molar-refractivity contribution in [2.24, 2.45) is 13.0 Å². The Bertz CT molecular complexity index is 1340. The van der Waals surface area contributed by atoms with E-state index in [-0.39, 0.29) is 11.2 Å². The highest BCUT2D eigenvalue weighted by Gasteiger charge is 2.48. The molecule has 1 N–H and O–H groups in total. The molecule has 0 spiro atoms. The zero-order valence-electron chi connectivity index (χ0n) is 19.7. The number of nitrogens with zero attached hydrogens (tertiary/aromatic N) is 2. The van der Waals surface area contributed by atoms with Gasteiger partial charge in [0, 0.05) is 36.6 Å². The molecule has 4 aromatic rings. The largest absolute Gasteiger partial charge is 0.508 e. The van der Waals surface area contributed by atoms with E-state index in [0.29, 0.717) is 11.7 Å². The number of para-hydroxylation sites is 1. The van der Waals surface area contributed by atoms with Gasteiger partial charge in [0.25, 0.3) is 0 Å². The number of aromatic nitrogens is 1. The van der Waals surface area contributed by atoms with E-state index in [1.165, 1.54) is 22.4 Å². The first kappa shape index (κ1) is 21.4. The lowest BCUT2D eigenvalue weighted by molar-refractivity contribution is 0.0815. The number of hydrogen-bond donors (Lipinski definition) is 1. The van der Waals surface area contributed by atoms with Crippen LogP contribution in [0.15, 0.2) is 72.8 Å². The SMILES string of the molecule is Cn1c2c(c3cccc(F)c31)CC1CN(CCc3ccccc3)CCC1(c1cccc(O)c1)C2. The van der Waals surface area contributed by atoms with Gasteiger partial charge in [-0.05, 0) is 73.0 Å². The molecule has 0 bridgehead atoms. The molecular formula is C30H31FN2O. The molecule has 1 saturated heterocycles. The summed E-state index contributed by atoms with van der Waals surface area (Å²) in [5.74, 6) is 0.597. The summed E-state index contributed by atoms with van der Waals surface area (Å²) in [5.41, 5.74) is 5.82. The monoisotopic (exact) mass is 454 g/mol. The van der Waals surface area contributed by atoms with Crippen LogP contribution in [0.5, 0.6) is 5.75 Å². The molecule has 1 aliphatic heterocycles. The van der Waals surface area contributed by atoms with Crippen LogP contribution in [0.25, 0.3) is 10.9 Å². The number of benzene rings is 3. The van der Waals surface area contributed by atoms with Gasteiger partial charge in [-0.1, -0.05) is 54.6 Å². The van der Waals surface area contributed by atoms with E-state index < -0.39 is 0 Å². The second-order valence-corrected chi connectivity index (χ2v) is 10.2. The molecule has 4 heteroatoms. The molecule has 3 nitrogen and oxygen atoms in total. The Morgan fingerprint density at radius 2 is 1.85 bits per heavy atom. The van der Waals surface area contributed by atoms with Crippen LogP contribution in [-0.4, -0.2) is 34.2 Å². The van der Waals surface area contributed by atoms with Crippen LogP contribution >= 0.6 is 0 Å². The Morgan fingerprint density at radius 3 is 2.68 bits per heavy atom. The molecule has 2 heterocycles. The van der Waals surface area contributed by atoms with Crippen molar-refractivity contribution >= 4 is 10.9 Å². The number of likely N-dealkylation sites (tertiary alicyclic amines) is 1. The third-order valence-corrected chi connectivity index (χ3v) is 8.45. The second-order valence-electron chi connectivity index (χ2n) is 10.2. The molecule has 0 radical (unpaired) electrons. The Labute approximate surface area is 200 Å². The minimum absolute atomic E-state index is 0.0480. The van der Waals surface area contributed by atoms with Gasteiger partial charge in [-0.25, -0.2) is 4.39 Å². The van der Waals surface area contributed by atoms with Crippen LogP contribution < -0.4 is 0 Å². The number of halogens is 1. The van der Waals surface area contributed by atoms with Crippen molar-refractivity contribution in [1.82, 2.24) is 9.47 Å². The summed E-state index contributed by atoms with van der Waals surface area (Å²) < 4.78 is 16.9. The van der Waals surface area contributed by atoms with Gasteiger partial charge in [-0.3, -0.25) is 0 Å². The van der Waals surface area contributed by atoms with Crippen molar-refractivity contribution in [2.75, 3.05) is 19.6 Å². The first-order valence-corrected chi connectivity index (χ1v) is 12.4. The van der Waals surface area contributed by atoms with E-state index in [0.717, 1.165) is 56.2 Å². The van der Waals surface area contributed by atoms with E-state index in [9.17, 15) is 9.50 Å². The molecule has 174 valence electrons. The molecule has 6 rings (SSSR count). The number of fused-ring (bicyclic) bond motifs is 4. The van der Waals surface area contributed by atoms with E-state index in [2.05, 4.69) is 51.9 Å². The van der Waals surface area contributed by atoms with Gasteiger partial charge in [-0.15, -0.1) is 0 Å². The number of phenolic OH excluding ortho intramolecular Hbond substituents is 1. The maximum atomic E-state index is 14.8. The quantitative estimate of drug-likeness (QED) is 0.433. The summed E-state index contributed by atoms with van der Waals surface area (Å²) in [6.07, 6.45) is 3.91. The van der Waals surface area contributed by atoms with Gasteiger partial charge in [-0.2, -0.15) is 0 Å². The topological polar surface area (TPSA) is 28.4 Å². The number of aromatic hydroxyl groups is 1. The Balaban J connectivity index is 1.39. The molecule has 3 aromatic carbocycles. The highest BCUT2D eigenvalue weighted by atomic mass is 19.1. The van der Waals surface area contributed by atoms with Gasteiger partial charge < -0.3 is 14.6 Å². The lowest BCUT2D eigenvalue weighted by atomic mass is 9.58. The summed E-state index contributed by atoms with van der Waals surface area (Å²) in [6, 6.07) is 24.0. The summed E-state index contributed by atoms with van der Waals surface area (Å²) in [6.45, 7) is 3.11. The van der Waals surface area contributed by atoms with Gasteiger partial charge in [0.2, 0.25) is 0 Å². The first-order valence-electron chi connectivity index (χ1n) is 12.4. The molecule has 1 fully saturated rings. The molecule has 0 amide bonds. The summed E-state index contributed by atoms with van der Waals surface area (Å²) in [5, 5.41) is 11.4. The van der Waals surface area contributed by atoms with E-state index in [1.54, 1.807) is 12.1 Å². The predicted octanol–water partition coefficient (Wildman–Crippen LogP) is 5.62. The van der Waals surface area contributed by atoms with E-state index in [4.69, 9.17) is 0 Å². The van der Waals surface area contributed by atoms with Crippen molar-refractivity contribution in [3.05, 3.63) is 101 Å². The van der Waals surface area contributed by atoms with Crippen LogP contribution in [-0.2, 0) is 31.7 Å². The summed E-state index contributed by atoms with van der Waals surface area (Å²) >= 11 is 0. The lowest BCUT2D eigenvalue weighted by Crippen LogP contribution is -2.54. The normalized spacial score (nSPS) is 22.5. The Hall–Kier alpha value is -3.11. The average Bonchev–Trinajstić information content (AvgIpc) is 3.13. The fourth-order valence-corrected chi connectivity index (χ4v) is 6.66. The average molecular weight is 455 g/mol. The third kappa shape index (κ3) is 3.43. The maximum absolute atomic E-state index is 14.8. The number of phenols is 1. The molecule has 1 aliphatic carbocycles. The van der Waals surface area contributed by atoms with Crippen LogP contribution in [0.2, 0.25) is 0 Å². The van der Waals surface area contributed by atoms with Crippen molar-refractivity contribution < 1.29 is 9.50 Å². The Kier molecular flexibility index (Phi) is 5.22. The fourth-order valence-electron chi connectivity index (χ4n) is 6.66. The molecule has 2 atom stereocenters. The molecule has 2 aliphatic rings. The van der Waals surface area contributed by atoms with Gasteiger partial charge in [0.1, 0.15) is 11.6 Å². The van der Waals surface area contributed by atoms with Crippen molar-refractivity contribution in [3.8, 4) is 5.75 Å². The van der Waals surface area contributed by atoms with E-state index >= 15 is 0 Å². The van der Waals surface area contributed by atoms with Crippen LogP contribution in [0.3, 0.4) is 0 Å². The fraction of sp³-hybridized carbons (Fsp3) is 0.333. The second kappa shape index (κ2) is 8.28. The van der Waals surface area contributed by atoms with Crippen molar-refractivity contribution in [2.45, 2.75) is 31.1 Å². The van der Waals surface area contributed by atoms with Gasteiger partial charge >= 0.3 is 0 Å². The number of piperidine rings is 1. The smallest absolute Gasteiger partial charge is 0.147 e. The van der Waals surface area contributed by atoms with Gasteiger partial charge in [0.05, 0.1) is 5.52 Å². The molecule has 2 unspecified atom stereocenters. The molecule has 34 heavy (non-hydrogen) atoms. The standard InChI is InChI=1S/C30H31FN2O/c1-32-28-19-30(22-9-5-10-24(34)17-22)14-16-33(15-13-21-7-3-2-4-8-21)20-23(30)18-26(28)25-11-6-12-27(31)29(25)32/h2-12,17,23,34H,13-16,18-20H2,1H3. The highest BCUT2D eigenvalue weighted by molar-refractivity contribution is 5.86. The lowest BCUT2D eigenvalue weighted by Gasteiger charge is -2.51. The van der Waals surface area contributed by atoms with Crippen LogP contribution in [0.4, 0.5) is 4.39 Å². The summed E-state index contributed by atoms with van der Waals surface area (Å²) in [4.78, 5) is 2.61. The maximum Gasteiger partial charge on any atom is 0.147 e.